The van der Waals surface area contributed by atoms with Crippen molar-refractivity contribution in [3.63, 3.8) is 0 Å². The molecular weight excluding hydrogens is 378 g/mol. The third kappa shape index (κ3) is 3.86. The molecule has 0 radical (unpaired) electrons. The van der Waals surface area contributed by atoms with Gasteiger partial charge in [0, 0.05) is 30.2 Å². The molecule has 2 aromatic heterocycles. The number of benzene rings is 1. The van der Waals surface area contributed by atoms with Gasteiger partial charge in [0.15, 0.2) is 0 Å². The van der Waals surface area contributed by atoms with E-state index < -0.39 is 0 Å². The van der Waals surface area contributed by atoms with Crippen LogP contribution in [0, 0.1) is 0 Å². The molecule has 1 aliphatic heterocycles. The highest BCUT2D eigenvalue weighted by atomic mass is 35.5. The quantitative estimate of drug-likeness (QED) is 0.641. The number of carbonyl (C=O) groups excluding carboxylic acids is 1. The van der Waals surface area contributed by atoms with Gasteiger partial charge in [-0.1, -0.05) is 18.2 Å². The van der Waals surface area contributed by atoms with E-state index in [1.165, 1.54) is 6.08 Å². The lowest BCUT2D eigenvalue weighted by Crippen LogP contribution is -2.27. The van der Waals surface area contributed by atoms with Gasteiger partial charge in [0.05, 0.1) is 22.9 Å². The Bertz CT molecular complexity index is 1020. The Morgan fingerprint density at radius 2 is 2.07 bits per heavy atom. The van der Waals surface area contributed by atoms with Crippen LogP contribution >= 0.6 is 11.6 Å². The first-order valence-corrected chi connectivity index (χ1v) is 9.17. The molecule has 142 valence electrons. The average molecular weight is 396 g/mol. The van der Waals surface area contributed by atoms with E-state index in [1.807, 2.05) is 18.2 Å². The van der Waals surface area contributed by atoms with Gasteiger partial charge in [0.1, 0.15) is 12.1 Å². The molecule has 4 rings (SSSR count). The second-order valence-electron chi connectivity index (χ2n) is 6.42. The summed E-state index contributed by atoms with van der Waals surface area (Å²) in [5.41, 5.74) is 1.44. The molecular formula is C19H18ClN7O. The smallest absolute Gasteiger partial charge is 0.247 e. The molecule has 1 aromatic carbocycles. The summed E-state index contributed by atoms with van der Waals surface area (Å²) in [6.45, 7) is 5.09. The zero-order chi connectivity index (χ0) is 19.5. The number of halogens is 1. The maximum atomic E-state index is 11.5. The molecule has 1 fully saturated rings. The Hall–Kier alpha value is -3.26. The summed E-state index contributed by atoms with van der Waals surface area (Å²) < 4.78 is 0. The summed E-state index contributed by atoms with van der Waals surface area (Å²) in [7, 11) is 0. The average Bonchev–Trinajstić information content (AvgIpc) is 3.17. The highest BCUT2D eigenvalue weighted by Crippen LogP contribution is 2.28. The second kappa shape index (κ2) is 7.77. The Morgan fingerprint density at radius 1 is 1.25 bits per heavy atom. The predicted octanol–water partition coefficient (Wildman–Crippen LogP) is 2.89. The zero-order valence-electron chi connectivity index (χ0n) is 15.0. The summed E-state index contributed by atoms with van der Waals surface area (Å²) >= 11 is 5.83. The predicted molar refractivity (Wildman–Crippen MR) is 110 cm³/mol. The maximum Gasteiger partial charge on any atom is 0.247 e. The van der Waals surface area contributed by atoms with E-state index in [-0.39, 0.29) is 11.9 Å². The number of hydrogen-bond donors (Lipinski definition) is 2. The molecule has 3 heterocycles. The van der Waals surface area contributed by atoms with Crippen LogP contribution in [-0.2, 0) is 4.79 Å². The molecule has 8 nitrogen and oxygen atoms in total. The van der Waals surface area contributed by atoms with E-state index in [0.29, 0.717) is 16.7 Å². The fraction of sp³-hybridized carbons (Fsp3) is 0.211. The Labute approximate surface area is 166 Å². The molecule has 9 heteroatoms. The molecule has 1 atom stereocenters. The molecule has 3 aromatic rings. The van der Waals surface area contributed by atoms with Crippen LogP contribution in [0.15, 0.2) is 49.6 Å². The third-order valence-corrected chi connectivity index (χ3v) is 4.70. The summed E-state index contributed by atoms with van der Waals surface area (Å²) in [5.74, 6) is 1.17. The van der Waals surface area contributed by atoms with Gasteiger partial charge in [-0.3, -0.25) is 4.79 Å². The van der Waals surface area contributed by atoms with Gasteiger partial charge in [-0.15, -0.1) is 0 Å². The minimum Gasteiger partial charge on any atom is -0.354 e. The molecule has 1 amide bonds. The van der Waals surface area contributed by atoms with Crippen LogP contribution in [-0.4, -0.2) is 45.0 Å². The standard InChI is InChI=1S/C19H18ClN7O/c1-2-17(28)25-13-3-4-15-16(7-13)23-11-24-18(15)27-6-5-14(10-27)26-19-21-8-12(20)9-22-19/h2-4,7-9,11,14H,1,5-6,10H2,(H,25,28)(H,21,22,26)/t14-/m1/s1. The summed E-state index contributed by atoms with van der Waals surface area (Å²) in [6.07, 6.45) is 6.86. The third-order valence-electron chi connectivity index (χ3n) is 4.51. The van der Waals surface area contributed by atoms with Crippen molar-refractivity contribution in [2.24, 2.45) is 0 Å². The summed E-state index contributed by atoms with van der Waals surface area (Å²) in [6, 6.07) is 5.79. The molecule has 0 unspecified atom stereocenters. The molecule has 28 heavy (non-hydrogen) atoms. The fourth-order valence-electron chi connectivity index (χ4n) is 3.21. The van der Waals surface area contributed by atoms with Crippen molar-refractivity contribution in [1.29, 1.82) is 0 Å². The monoisotopic (exact) mass is 395 g/mol. The molecule has 0 spiro atoms. The van der Waals surface area contributed by atoms with Crippen LogP contribution in [0.3, 0.4) is 0 Å². The molecule has 0 bridgehead atoms. The van der Waals surface area contributed by atoms with Crippen LogP contribution in [0.4, 0.5) is 17.5 Å². The molecule has 0 aliphatic carbocycles. The SMILES string of the molecule is C=CC(=O)Nc1ccc2c(N3CC[C@@H](Nc4ncc(Cl)cn4)C3)ncnc2c1. The van der Waals surface area contributed by atoms with Crippen molar-refractivity contribution in [3.05, 3.63) is 54.6 Å². The second-order valence-corrected chi connectivity index (χ2v) is 6.86. The van der Waals surface area contributed by atoms with Gasteiger partial charge in [-0.2, -0.15) is 0 Å². The van der Waals surface area contributed by atoms with Crippen molar-refractivity contribution < 1.29 is 4.79 Å². The van der Waals surface area contributed by atoms with E-state index in [4.69, 9.17) is 11.6 Å². The van der Waals surface area contributed by atoms with Gasteiger partial charge in [-0.25, -0.2) is 19.9 Å². The van der Waals surface area contributed by atoms with Crippen LogP contribution in [0.5, 0.6) is 0 Å². The number of hydrogen-bond acceptors (Lipinski definition) is 7. The van der Waals surface area contributed by atoms with E-state index >= 15 is 0 Å². The number of rotatable bonds is 5. The van der Waals surface area contributed by atoms with Gasteiger partial charge in [0.25, 0.3) is 0 Å². The van der Waals surface area contributed by atoms with Crippen molar-refractivity contribution >= 4 is 45.9 Å². The van der Waals surface area contributed by atoms with Crippen molar-refractivity contribution in [1.82, 2.24) is 19.9 Å². The Balaban J connectivity index is 1.51. The zero-order valence-corrected chi connectivity index (χ0v) is 15.7. The number of amides is 1. The lowest BCUT2D eigenvalue weighted by Gasteiger charge is -2.19. The number of fused-ring (bicyclic) bond motifs is 1. The first-order valence-electron chi connectivity index (χ1n) is 8.79. The van der Waals surface area contributed by atoms with Crippen LogP contribution < -0.4 is 15.5 Å². The van der Waals surface area contributed by atoms with E-state index in [0.717, 1.165) is 36.2 Å². The van der Waals surface area contributed by atoms with Crippen LogP contribution in [0.25, 0.3) is 10.9 Å². The number of nitrogens with one attached hydrogen (secondary N) is 2. The fourth-order valence-corrected chi connectivity index (χ4v) is 3.30. The number of aromatic nitrogens is 4. The highest BCUT2D eigenvalue weighted by Gasteiger charge is 2.25. The first-order chi connectivity index (χ1) is 13.6. The van der Waals surface area contributed by atoms with Crippen molar-refractivity contribution in [2.75, 3.05) is 28.6 Å². The molecule has 2 N–H and O–H groups in total. The number of carbonyl (C=O) groups is 1. The maximum absolute atomic E-state index is 11.5. The van der Waals surface area contributed by atoms with E-state index in [9.17, 15) is 4.79 Å². The summed E-state index contributed by atoms with van der Waals surface area (Å²) in [5, 5.41) is 7.52. The molecule has 1 saturated heterocycles. The van der Waals surface area contributed by atoms with Gasteiger partial charge in [0.2, 0.25) is 11.9 Å². The van der Waals surface area contributed by atoms with E-state index in [1.54, 1.807) is 18.7 Å². The van der Waals surface area contributed by atoms with Gasteiger partial charge in [-0.05, 0) is 30.7 Å². The molecule has 0 saturated carbocycles. The van der Waals surface area contributed by atoms with Crippen LogP contribution in [0.1, 0.15) is 6.42 Å². The van der Waals surface area contributed by atoms with Crippen LogP contribution in [0.2, 0.25) is 5.02 Å². The number of anilines is 3. The largest absolute Gasteiger partial charge is 0.354 e. The highest BCUT2D eigenvalue weighted by molar-refractivity contribution is 6.30. The van der Waals surface area contributed by atoms with Gasteiger partial charge < -0.3 is 15.5 Å². The molecule has 1 aliphatic rings. The first kappa shape index (κ1) is 18.1. The number of nitrogens with zero attached hydrogens (tertiary/aromatic N) is 5. The van der Waals surface area contributed by atoms with Gasteiger partial charge >= 0.3 is 0 Å². The Morgan fingerprint density at radius 3 is 2.86 bits per heavy atom. The lowest BCUT2D eigenvalue weighted by molar-refractivity contribution is -0.111. The minimum absolute atomic E-state index is 0.206. The minimum atomic E-state index is -0.258. The topological polar surface area (TPSA) is 95.9 Å². The lowest BCUT2D eigenvalue weighted by atomic mass is 10.2. The normalized spacial score (nSPS) is 16.2. The van der Waals surface area contributed by atoms with Crippen molar-refractivity contribution in [3.8, 4) is 0 Å². The Kier molecular flexibility index (Phi) is 5.03. The van der Waals surface area contributed by atoms with Crippen molar-refractivity contribution in [2.45, 2.75) is 12.5 Å². The summed E-state index contributed by atoms with van der Waals surface area (Å²) in [4.78, 5) is 30.9. The van der Waals surface area contributed by atoms with E-state index in [2.05, 4.69) is 42.0 Å².